The number of halogens is 1. The Balaban J connectivity index is 1.49. The number of hydrogen-bond donors (Lipinski definition) is 0. The van der Waals surface area contributed by atoms with E-state index in [2.05, 4.69) is 25.0 Å². The standard InChI is InChI=1S/C19H18FN7/c1-10-22-16(8-18(23-10)27-12(3)21-11(2)25-27)13-7-14(13)17-9-26-6-4-5-15(20)19(26)24-17/h4-6,8-9,13-14H,7H2,1-3H3. The summed E-state index contributed by atoms with van der Waals surface area (Å²) in [6.07, 6.45) is 4.66. The van der Waals surface area contributed by atoms with Gasteiger partial charge in [-0.1, -0.05) is 0 Å². The number of imidazole rings is 1. The van der Waals surface area contributed by atoms with Gasteiger partial charge in [-0.05, 0) is 39.3 Å². The van der Waals surface area contributed by atoms with Crippen LogP contribution in [0.25, 0.3) is 11.5 Å². The summed E-state index contributed by atoms with van der Waals surface area (Å²) >= 11 is 0. The number of aromatic nitrogens is 7. The molecule has 1 aliphatic carbocycles. The molecule has 0 saturated heterocycles. The van der Waals surface area contributed by atoms with Gasteiger partial charge in [-0.3, -0.25) is 0 Å². The predicted octanol–water partition coefficient (Wildman–Crippen LogP) is 3.04. The second-order valence-corrected chi connectivity index (χ2v) is 7.02. The van der Waals surface area contributed by atoms with Crippen LogP contribution in [0.2, 0.25) is 0 Å². The van der Waals surface area contributed by atoms with Gasteiger partial charge in [0.05, 0.1) is 11.4 Å². The second kappa shape index (κ2) is 5.67. The van der Waals surface area contributed by atoms with E-state index in [-0.39, 0.29) is 17.7 Å². The van der Waals surface area contributed by atoms with Crippen molar-refractivity contribution in [3.05, 3.63) is 65.3 Å². The van der Waals surface area contributed by atoms with E-state index in [0.29, 0.717) is 17.3 Å². The van der Waals surface area contributed by atoms with Gasteiger partial charge >= 0.3 is 0 Å². The normalized spacial score (nSPS) is 19.0. The van der Waals surface area contributed by atoms with Crippen molar-refractivity contribution in [3.63, 3.8) is 0 Å². The zero-order valence-corrected chi connectivity index (χ0v) is 15.3. The molecule has 27 heavy (non-hydrogen) atoms. The molecule has 2 atom stereocenters. The summed E-state index contributed by atoms with van der Waals surface area (Å²) in [5.74, 6) is 3.11. The molecule has 0 aromatic carbocycles. The van der Waals surface area contributed by atoms with E-state index in [9.17, 15) is 4.39 Å². The van der Waals surface area contributed by atoms with Crippen LogP contribution in [0.1, 0.15) is 47.1 Å². The van der Waals surface area contributed by atoms with Crippen molar-refractivity contribution in [2.75, 3.05) is 0 Å². The Morgan fingerprint density at radius 3 is 2.56 bits per heavy atom. The van der Waals surface area contributed by atoms with Gasteiger partial charge in [0.25, 0.3) is 0 Å². The van der Waals surface area contributed by atoms with Crippen LogP contribution in [0.4, 0.5) is 4.39 Å². The number of aryl methyl sites for hydroxylation is 3. The van der Waals surface area contributed by atoms with Gasteiger partial charge in [-0.2, -0.15) is 4.68 Å². The van der Waals surface area contributed by atoms with Gasteiger partial charge in [-0.25, -0.2) is 24.3 Å². The average Bonchev–Trinajstić information content (AvgIpc) is 3.18. The fraction of sp³-hybridized carbons (Fsp3) is 0.316. The van der Waals surface area contributed by atoms with E-state index in [1.165, 1.54) is 6.07 Å². The highest BCUT2D eigenvalue weighted by molar-refractivity contribution is 5.44. The summed E-state index contributed by atoms with van der Waals surface area (Å²) in [6, 6.07) is 5.08. The van der Waals surface area contributed by atoms with Crippen molar-refractivity contribution < 1.29 is 4.39 Å². The average molecular weight is 363 g/mol. The molecule has 1 saturated carbocycles. The van der Waals surface area contributed by atoms with E-state index in [1.54, 1.807) is 15.1 Å². The van der Waals surface area contributed by atoms with E-state index >= 15 is 0 Å². The molecule has 0 aliphatic heterocycles. The Bertz CT molecular complexity index is 1180. The predicted molar refractivity (Wildman–Crippen MR) is 96.4 cm³/mol. The van der Waals surface area contributed by atoms with E-state index < -0.39 is 0 Å². The highest BCUT2D eigenvalue weighted by Crippen LogP contribution is 2.53. The summed E-state index contributed by atoms with van der Waals surface area (Å²) in [5.41, 5.74) is 2.23. The van der Waals surface area contributed by atoms with E-state index in [0.717, 1.165) is 29.5 Å². The van der Waals surface area contributed by atoms with Crippen LogP contribution < -0.4 is 0 Å². The van der Waals surface area contributed by atoms with Gasteiger partial charge in [0, 0.05) is 30.3 Å². The lowest BCUT2D eigenvalue weighted by molar-refractivity contribution is 0.630. The van der Waals surface area contributed by atoms with Crippen LogP contribution in [0.3, 0.4) is 0 Å². The fourth-order valence-electron chi connectivity index (χ4n) is 3.64. The van der Waals surface area contributed by atoms with Crippen LogP contribution in [-0.4, -0.2) is 34.1 Å². The van der Waals surface area contributed by atoms with Crippen molar-refractivity contribution in [2.24, 2.45) is 0 Å². The van der Waals surface area contributed by atoms with E-state index in [1.807, 2.05) is 39.2 Å². The first kappa shape index (κ1) is 16.0. The Hall–Kier alpha value is -3.16. The van der Waals surface area contributed by atoms with Crippen molar-refractivity contribution in [3.8, 4) is 5.82 Å². The second-order valence-electron chi connectivity index (χ2n) is 7.02. The van der Waals surface area contributed by atoms with Gasteiger partial charge in [0.15, 0.2) is 17.3 Å². The third-order valence-corrected chi connectivity index (χ3v) is 4.94. The van der Waals surface area contributed by atoms with Crippen LogP contribution >= 0.6 is 0 Å². The maximum atomic E-state index is 13.9. The molecule has 136 valence electrons. The van der Waals surface area contributed by atoms with Crippen molar-refractivity contribution >= 4 is 5.65 Å². The molecule has 0 radical (unpaired) electrons. The first-order chi connectivity index (χ1) is 13.0. The molecule has 1 aliphatic rings. The zero-order valence-electron chi connectivity index (χ0n) is 15.3. The molecule has 4 aromatic heterocycles. The molecule has 8 heteroatoms. The van der Waals surface area contributed by atoms with Crippen LogP contribution in [-0.2, 0) is 0 Å². The fourth-order valence-corrected chi connectivity index (χ4v) is 3.64. The van der Waals surface area contributed by atoms with Crippen molar-refractivity contribution in [2.45, 2.75) is 39.0 Å². The smallest absolute Gasteiger partial charge is 0.173 e. The molecular weight excluding hydrogens is 345 g/mol. The van der Waals surface area contributed by atoms with Crippen LogP contribution in [0, 0.1) is 26.6 Å². The molecule has 0 N–H and O–H groups in total. The largest absolute Gasteiger partial charge is 0.304 e. The minimum Gasteiger partial charge on any atom is -0.304 e. The molecule has 0 spiro atoms. The number of pyridine rings is 1. The maximum Gasteiger partial charge on any atom is 0.173 e. The van der Waals surface area contributed by atoms with Gasteiger partial charge in [-0.15, -0.1) is 5.10 Å². The summed E-state index contributed by atoms with van der Waals surface area (Å²) in [6.45, 7) is 5.64. The topological polar surface area (TPSA) is 73.8 Å². The molecule has 1 fully saturated rings. The molecule has 4 aromatic rings. The molecule has 5 rings (SSSR count). The summed E-state index contributed by atoms with van der Waals surface area (Å²) in [7, 11) is 0. The summed E-state index contributed by atoms with van der Waals surface area (Å²) in [4.78, 5) is 18.0. The Kier molecular flexibility index (Phi) is 3.37. The minimum atomic E-state index is -0.307. The zero-order chi connectivity index (χ0) is 18.7. The Labute approximate surface area is 154 Å². The third-order valence-electron chi connectivity index (χ3n) is 4.94. The lowest BCUT2D eigenvalue weighted by Gasteiger charge is -2.06. The number of rotatable bonds is 3. The lowest BCUT2D eigenvalue weighted by atomic mass is 10.2. The third kappa shape index (κ3) is 2.68. The Morgan fingerprint density at radius 2 is 1.81 bits per heavy atom. The molecule has 0 amide bonds. The highest BCUT2D eigenvalue weighted by atomic mass is 19.1. The highest BCUT2D eigenvalue weighted by Gasteiger charge is 2.43. The van der Waals surface area contributed by atoms with Crippen molar-refractivity contribution in [1.82, 2.24) is 34.1 Å². The first-order valence-corrected chi connectivity index (χ1v) is 8.89. The van der Waals surface area contributed by atoms with Crippen LogP contribution in [0.15, 0.2) is 30.6 Å². The van der Waals surface area contributed by atoms with Gasteiger partial charge < -0.3 is 4.40 Å². The molecule has 0 bridgehead atoms. The number of hydrogen-bond acceptors (Lipinski definition) is 5. The monoisotopic (exact) mass is 363 g/mol. The quantitative estimate of drug-likeness (QED) is 0.559. The molecule has 7 nitrogen and oxygen atoms in total. The maximum absolute atomic E-state index is 13.9. The molecular formula is C19H18FN7. The van der Waals surface area contributed by atoms with Crippen LogP contribution in [0.5, 0.6) is 0 Å². The van der Waals surface area contributed by atoms with Crippen molar-refractivity contribution in [1.29, 1.82) is 0 Å². The van der Waals surface area contributed by atoms with Gasteiger partial charge in [0.1, 0.15) is 17.5 Å². The minimum absolute atomic E-state index is 0.241. The van der Waals surface area contributed by atoms with E-state index in [4.69, 9.17) is 0 Å². The van der Waals surface area contributed by atoms with Gasteiger partial charge in [0.2, 0.25) is 0 Å². The molecule has 4 heterocycles. The SMILES string of the molecule is Cc1nc(C2CC2c2cn3cccc(F)c3n2)cc(-n2nc(C)nc2C)n1. The lowest BCUT2D eigenvalue weighted by Crippen LogP contribution is -2.06. The number of nitrogens with zero attached hydrogens (tertiary/aromatic N) is 7. The summed E-state index contributed by atoms with van der Waals surface area (Å²) < 4.78 is 17.4. The first-order valence-electron chi connectivity index (χ1n) is 8.89. The summed E-state index contributed by atoms with van der Waals surface area (Å²) in [5, 5.41) is 4.42. The number of fused-ring (bicyclic) bond motifs is 1. The molecule has 2 unspecified atom stereocenters. The Morgan fingerprint density at radius 1 is 1.00 bits per heavy atom.